The van der Waals surface area contributed by atoms with E-state index in [2.05, 4.69) is 60.7 Å². The Morgan fingerprint density at radius 3 is 2.59 bits per heavy atom. The summed E-state index contributed by atoms with van der Waals surface area (Å²) < 4.78 is 5.56. The number of pyridine rings is 1. The van der Waals surface area contributed by atoms with Crippen molar-refractivity contribution in [2.45, 2.75) is 13.8 Å². The third-order valence-corrected chi connectivity index (χ3v) is 8.57. The number of carbonyl (C=O) groups is 1. The van der Waals surface area contributed by atoms with Gasteiger partial charge in [-0.15, -0.1) is 0 Å². The summed E-state index contributed by atoms with van der Waals surface area (Å²) >= 11 is 2.26. The van der Waals surface area contributed by atoms with Crippen LogP contribution in [0.15, 0.2) is 72.6 Å². The third kappa shape index (κ3) is 4.05. The molecule has 0 aliphatic rings. The van der Waals surface area contributed by atoms with Crippen LogP contribution in [0.1, 0.15) is 13.8 Å². The molecule has 0 unspecified atom stereocenters. The number of aliphatic hydroxyl groups is 1. The summed E-state index contributed by atoms with van der Waals surface area (Å²) in [5.41, 5.74) is 1.10. The van der Waals surface area contributed by atoms with Crippen molar-refractivity contribution in [3.8, 4) is 0 Å². The molecule has 0 aliphatic heterocycles. The second-order valence-electron chi connectivity index (χ2n) is 7.34. The molecule has 1 N–H and O–H groups in total. The molecule has 1 radical (unpaired) electrons. The number of benzene rings is 3. The molecule has 0 atom stereocenters. The first-order valence-corrected chi connectivity index (χ1v) is 12.4. The number of hydrogen-bond acceptors (Lipinski definition) is 4. The predicted molar refractivity (Wildman–Crippen MR) is 132 cm³/mol. The Morgan fingerprint density at radius 1 is 1.06 bits per heavy atom. The van der Waals surface area contributed by atoms with E-state index in [1.54, 1.807) is 0 Å². The quantitative estimate of drug-likeness (QED) is 0.0901. The molecule has 0 spiro atoms. The molecule has 3 aromatic carbocycles. The standard InChI is InChI=1S/C21H10NSSe.C5H8O2.Ir/c1-2-5-13-12(4-1)8-9-14-20-19-17(10-11-22-20)24-16-7-3-6-15(18(16)19)23-21(13)14;1-4(6)3-5(2)7;/h1-8,10-11H;3,6H,1-2H3;/q-1;;/b;4-3-;. The van der Waals surface area contributed by atoms with Gasteiger partial charge in [0, 0.05) is 26.2 Å². The zero-order valence-corrected chi connectivity index (χ0v) is 22.2. The van der Waals surface area contributed by atoms with Crippen LogP contribution < -0.4 is 0 Å². The number of rotatable bonds is 1. The molecule has 6 rings (SSSR count). The Balaban J connectivity index is 0.000000271. The summed E-state index contributed by atoms with van der Waals surface area (Å²) in [6.07, 6.45) is 3.13. The molecule has 0 bridgehead atoms. The molecule has 3 aromatic heterocycles. The Hall–Kier alpha value is -2.33. The minimum atomic E-state index is -0.125. The van der Waals surface area contributed by atoms with Gasteiger partial charge in [0.25, 0.3) is 0 Å². The van der Waals surface area contributed by atoms with Gasteiger partial charge in [-0.05, 0) is 13.8 Å². The van der Waals surface area contributed by atoms with Gasteiger partial charge in [-0.2, -0.15) is 0 Å². The van der Waals surface area contributed by atoms with E-state index >= 15 is 0 Å². The minimum absolute atomic E-state index is 0. The van der Waals surface area contributed by atoms with Crippen LogP contribution in [0.3, 0.4) is 0 Å². The molecule has 3 nitrogen and oxygen atoms in total. The summed E-state index contributed by atoms with van der Waals surface area (Å²) in [6, 6.07) is 23.1. The van der Waals surface area contributed by atoms with Gasteiger partial charge >= 0.3 is 148 Å². The molecule has 0 fully saturated rings. The van der Waals surface area contributed by atoms with Gasteiger partial charge in [0.05, 0.1) is 5.76 Å². The van der Waals surface area contributed by atoms with Gasteiger partial charge in [0.15, 0.2) is 5.78 Å². The summed E-state index contributed by atoms with van der Waals surface area (Å²) in [6.45, 7) is 2.85. The summed E-state index contributed by atoms with van der Waals surface area (Å²) in [5.74, 6) is -0.0625. The van der Waals surface area contributed by atoms with E-state index in [0.29, 0.717) is 14.5 Å². The van der Waals surface area contributed by atoms with Crippen molar-refractivity contribution >= 4 is 82.0 Å². The zero-order chi connectivity index (χ0) is 21.5. The number of fused-ring (bicyclic) bond motifs is 4. The second kappa shape index (κ2) is 9.27. The number of hydrogen-bond donors (Lipinski definition) is 1. The number of ketones is 1. The summed E-state index contributed by atoms with van der Waals surface area (Å²) in [4.78, 5) is 14.8. The van der Waals surface area contributed by atoms with E-state index < -0.39 is 0 Å². The van der Waals surface area contributed by atoms with Crippen molar-refractivity contribution in [1.82, 2.24) is 4.98 Å². The molecule has 0 amide bonds. The van der Waals surface area contributed by atoms with E-state index in [9.17, 15) is 4.79 Å². The van der Waals surface area contributed by atoms with Gasteiger partial charge in [0.1, 0.15) is 0 Å². The number of aromatic nitrogens is 1. The van der Waals surface area contributed by atoms with Gasteiger partial charge < -0.3 is 5.11 Å². The monoisotopic (exact) mass is 681 g/mol. The molecule has 6 heteroatoms. The molecular formula is C26H18IrNO2SSe-. The number of aliphatic hydroxyl groups excluding tert-OH is 1. The van der Waals surface area contributed by atoms with E-state index in [0.717, 1.165) is 10.9 Å². The third-order valence-electron chi connectivity index (χ3n) is 5.04. The van der Waals surface area contributed by atoms with Crippen LogP contribution in [0, 0.1) is 6.07 Å². The zero-order valence-electron chi connectivity index (χ0n) is 17.3. The van der Waals surface area contributed by atoms with Crippen LogP contribution in [0.4, 0.5) is 0 Å². The molecule has 0 saturated heterocycles. The number of allylic oxidation sites excluding steroid dienone is 2. The Kier molecular flexibility index (Phi) is 6.62. The summed E-state index contributed by atoms with van der Waals surface area (Å²) in [7, 11) is 0. The molecule has 0 saturated carbocycles. The fourth-order valence-corrected chi connectivity index (χ4v) is 7.62. The van der Waals surface area contributed by atoms with Crippen LogP contribution >= 0.6 is 11.3 Å². The average molecular weight is 680 g/mol. The van der Waals surface area contributed by atoms with Crippen molar-refractivity contribution in [2.75, 3.05) is 0 Å². The van der Waals surface area contributed by atoms with Gasteiger partial charge in [-0.25, -0.2) is 0 Å². The van der Waals surface area contributed by atoms with Gasteiger partial charge in [-0.1, -0.05) is 0 Å². The molecular weight excluding hydrogens is 662 g/mol. The van der Waals surface area contributed by atoms with E-state index in [1.807, 2.05) is 17.5 Å². The maximum atomic E-state index is 10.0. The second-order valence-corrected chi connectivity index (χ2v) is 10.7. The molecule has 3 heterocycles. The Bertz CT molecular complexity index is 1640. The van der Waals surface area contributed by atoms with Gasteiger partial charge in [0.2, 0.25) is 0 Å². The average Bonchev–Trinajstić information content (AvgIpc) is 3.05. The first kappa shape index (κ1) is 22.8. The van der Waals surface area contributed by atoms with Crippen LogP contribution in [0.25, 0.3) is 50.4 Å². The first-order valence-electron chi connectivity index (χ1n) is 9.82. The Morgan fingerprint density at radius 2 is 1.84 bits per heavy atom. The predicted octanol–water partition coefficient (Wildman–Crippen LogP) is 6.80. The van der Waals surface area contributed by atoms with Crippen molar-refractivity contribution in [3.05, 3.63) is 78.7 Å². The maximum absolute atomic E-state index is 10.0. The van der Waals surface area contributed by atoms with E-state index in [-0.39, 0.29) is 31.6 Å². The van der Waals surface area contributed by atoms with Crippen LogP contribution in [-0.4, -0.2) is 30.4 Å². The van der Waals surface area contributed by atoms with E-state index in [1.165, 1.54) is 59.4 Å². The number of carbonyl (C=O) groups excluding carboxylic acids is 1. The van der Waals surface area contributed by atoms with Crippen LogP contribution in [-0.2, 0) is 24.9 Å². The molecule has 0 aliphatic carbocycles. The summed E-state index contributed by atoms with van der Waals surface area (Å²) in [5, 5.41) is 14.8. The van der Waals surface area contributed by atoms with Crippen molar-refractivity contribution in [1.29, 1.82) is 0 Å². The van der Waals surface area contributed by atoms with E-state index in [4.69, 9.17) is 10.1 Å². The van der Waals surface area contributed by atoms with Crippen molar-refractivity contribution in [3.63, 3.8) is 0 Å². The molecule has 32 heavy (non-hydrogen) atoms. The van der Waals surface area contributed by atoms with Crippen LogP contribution in [0.5, 0.6) is 0 Å². The fraction of sp³-hybridized carbons (Fsp3) is 0.0769. The van der Waals surface area contributed by atoms with Crippen molar-refractivity contribution < 1.29 is 30.0 Å². The molecule has 6 aromatic rings. The van der Waals surface area contributed by atoms with Crippen LogP contribution in [0.2, 0.25) is 0 Å². The first-order chi connectivity index (χ1) is 15.0. The van der Waals surface area contributed by atoms with Crippen molar-refractivity contribution in [2.24, 2.45) is 0 Å². The number of nitrogens with zero attached hydrogens (tertiary/aromatic N) is 1. The SMILES string of the molecule is CC(=O)/C=C(/C)O.[Ir].[c-]1cc2ccccc2c2sc3cccc4[se]c5ccnc(c12)c5c34. The fourth-order valence-electron chi connectivity index (χ4n) is 3.87. The topological polar surface area (TPSA) is 50.2 Å². The van der Waals surface area contributed by atoms with Gasteiger partial charge in [-0.3, -0.25) is 4.79 Å². The molecule has 161 valence electrons. The Labute approximate surface area is 208 Å². The normalized spacial score (nSPS) is 11.6.